The third-order valence-electron chi connectivity index (χ3n) is 4.56. The normalized spacial score (nSPS) is 30.6. The smallest absolute Gasteiger partial charge is 0.183 e. The van der Waals surface area contributed by atoms with E-state index in [1.165, 1.54) is 12.1 Å². The van der Waals surface area contributed by atoms with Gasteiger partial charge in [-0.3, -0.25) is 0 Å². The van der Waals surface area contributed by atoms with Crippen molar-refractivity contribution in [1.29, 1.82) is 0 Å². The largest absolute Gasteiger partial charge is 0.352 e. The molecule has 3 rings (SSSR count). The predicted octanol–water partition coefficient (Wildman–Crippen LogP) is 4.22. The Labute approximate surface area is 148 Å². The molecule has 0 unspecified atom stereocenters. The van der Waals surface area contributed by atoms with Gasteiger partial charge in [-0.25, -0.2) is 4.39 Å². The topological polar surface area (TPSA) is 36.9 Å². The van der Waals surface area contributed by atoms with Gasteiger partial charge in [0.05, 0.1) is 26.4 Å². The van der Waals surface area contributed by atoms with Crippen molar-refractivity contribution < 1.29 is 23.3 Å². The SMILES string of the molecule is CC/C=C/C1COC(CCC2COC(c3ccc(F)cc3)OC2)OC1. The van der Waals surface area contributed by atoms with Gasteiger partial charge < -0.3 is 18.9 Å². The Morgan fingerprint density at radius 2 is 1.64 bits per heavy atom. The maximum Gasteiger partial charge on any atom is 0.183 e. The molecule has 2 aliphatic heterocycles. The van der Waals surface area contributed by atoms with E-state index in [4.69, 9.17) is 18.9 Å². The zero-order chi connectivity index (χ0) is 17.5. The van der Waals surface area contributed by atoms with E-state index >= 15 is 0 Å². The van der Waals surface area contributed by atoms with Crippen LogP contribution in [0, 0.1) is 17.7 Å². The minimum atomic E-state index is -0.398. The maximum absolute atomic E-state index is 13.0. The van der Waals surface area contributed by atoms with E-state index in [0.717, 1.165) is 38.0 Å². The van der Waals surface area contributed by atoms with E-state index in [2.05, 4.69) is 19.1 Å². The maximum atomic E-state index is 13.0. The molecular formula is C20H27FO4. The van der Waals surface area contributed by atoms with Crippen molar-refractivity contribution in [3.63, 3.8) is 0 Å². The second kappa shape index (κ2) is 9.43. The van der Waals surface area contributed by atoms with Crippen LogP contribution >= 0.6 is 0 Å². The van der Waals surface area contributed by atoms with Gasteiger partial charge in [-0.05, 0) is 31.4 Å². The third kappa shape index (κ3) is 5.61. The van der Waals surface area contributed by atoms with Crippen LogP contribution in [0.2, 0.25) is 0 Å². The van der Waals surface area contributed by atoms with Crippen LogP contribution in [0.25, 0.3) is 0 Å². The number of hydrogen-bond donors (Lipinski definition) is 0. The molecule has 0 aliphatic carbocycles. The van der Waals surface area contributed by atoms with Crippen LogP contribution in [0.5, 0.6) is 0 Å². The summed E-state index contributed by atoms with van der Waals surface area (Å²) < 4.78 is 36.1. The minimum absolute atomic E-state index is 0.124. The summed E-state index contributed by atoms with van der Waals surface area (Å²) >= 11 is 0. The van der Waals surface area contributed by atoms with E-state index in [0.29, 0.717) is 25.0 Å². The molecule has 138 valence electrons. The van der Waals surface area contributed by atoms with Crippen molar-refractivity contribution in [3.8, 4) is 0 Å². The number of ether oxygens (including phenoxy) is 4. The Morgan fingerprint density at radius 1 is 0.960 bits per heavy atom. The fourth-order valence-corrected chi connectivity index (χ4v) is 3.06. The minimum Gasteiger partial charge on any atom is -0.352 e. The van der Waals surface area contributed by atoms with Crippen LogP contribution in [0.1, 0.15) is 38.0 Å². The number of halogens is 1. The van der Waals surface area contributed by atoms with E-state index in [9.17, 15) is 4.39 Å². The van der Waals surface area contributed by atoms with Crippen molar-refractivity contribution in [2.45, 2.75) is 38.8 Å². The Balaban J connectivity index is 1.34. The lowest BCUT2D eigenvalue weighted by atomic mass is 10.0. The highest BCUT2D eigenvalue weighted by atomic mass is 19.1. The summed E-state index contributed by atoms with van der Waals surface area (Å²) in [7, 11) is 0. The summed E-state index contributed by atoms with van der Waals surface area (Å²) in [6.45, 7) is 4.85. The Morgan fingerprint density at radius 3 is 2.28 bits per heavy atom. The average Bonchev–Trinajstić information content (AvgIpc) is 2.67. The van der Waals surface area contributed by atoms with Crippen LogP contribution in [0.4, 0.5) is 4.39 Å². The molecule has 0 N–H and O–H groups in total. The second-order valence-corrected chi connectivity index (χ2v) is 6.69. The molecule has 0 spiro atoms. The van der Waals surface area contributed by atoms with E-state index in [-0.39, 0.29) is 12.1 Å². The van der Waals surface area contributed by atoms with Crippen molar-refractivity contribution in [2.75, 3.05) is 26.4 Å². The molecule has 0 aromatic heterocycles. The van der Waals surface area contributed by atoms with Gasteiger partial charge in [0.1, 0.15) is 5.82 Å². The molecule has 0 amide bonds. The van der Waals surface area contributed by atoms with Crippen molar-refractivity contribution in [2.24, 2.45) is 11.8 Å². The summed E-state index contributed by atoms with van der Waals surface area (Å²) in [4.78, 5) is 0. The molecule has 4 nitrogen and oxygen atoms in total. The summed E-state index contributed by atoms with van der Waals surface area (Å²) in [5.74, 6) is 0.452. The van der Waals surface area contributed by atoms with Crippen LogP contribution in [0.3, 0.4) is 0 Å². The lowest BCUT2D eigenvalue weighted by molar-refractivity contribution is -0.217. The predicted molar refractivity (Wildman–Crippen MR) is 92.4 cm³/mol. The van der Waals surface area contributed by atoms with E-state index in [1.54, 1.807) is 12.1 Å². The lowest BCUT2D eigenvalue weighted by Crippen LogP contribution is -2.33. The highest BCUT2D eigenvalue weighted by Gasteiger charge is 2.26. The first-order valence-electron chi connectivity index (χ1n) is 9.13. The molecule has 0 bridgehead atoms. The van der Waals surface area contributed by atoms with Gasteiger partial charge in [0.2, 0.25) is 0 Å². The van der Waals surface area contributed by atoms with Crippen molar-refractivity contribution >= 4 is 0 Å². The molecule has 0 radical (unpaired) electrons. The van der Waals surface area contributed by atoms with Gasteiger partial charge in [-0.15, -0.1) is 0 Å². The molecule has 5 heteroatoms. The highest BCUT2D eigenvalue weighted by molar-refractivity contribution is 5.17. The number of benzene rings is 1. The molecule has 2 saturated heterocycles. The molecule has 1 aromatic carbocycles. The van der Waals surface area contributed by atoms with Crippen LogP contribution in [-0.4, -0.2) is 32.7 Å². The quantitative estimate of drug-likeness (QED) is 0.720. The zero-order valence-electron chi connectivity index (χ0n) is 14.7. The monoisotopic (exact) mass is 350 g/mol. The second-order valence-electron chi connectivity index (χ2n) is 6.69. The summed E-state index contributed by atoms with van der Waals surface area (Å²) in [5.41, 5.74) is 0.852. The Hall–Kier alpha value is -1.27. The van der Waals surface area contributed by atoms with Crippen LogP contribution < -0.4 is 0 Å². The highest BCUT2D eigenvalue weighted by Crippen LogP contribution is 2.28. The molecule has 0 atom stereocenters. The standard InChI is InChI=1S/C20H27FO4/c1-2-3-4-15-11-22-19(23-12-15)10-5-16-13-24-20(25-14-16)17-6-8-18(21)9-7-17/h3-4,6-9,15-16,19-20H,2,5,10-14H2,1H3/b4-3+. The zero-order valence-corrected chi connectivity index (χ0v) is 14.7. The fraction of sp³-hybridized carbons (Fsp3) is 0.600. The number of rotatable bonds is 6. The first kappa shape index (κ1) is 18.5. The van der Waals surface area contributed by atoms with E-state index in [1.807, 2.05) is 0 Å². The fourth-order valence-electron chi connectivity index (χ4n) is 3.06. The summed E-state index contributed by atoms with van der Waals surface area (Å²) in [5, 5.41) is 0. The average molecular weight is 350 g/mol. The van der Waals surface area contributed by atoms with Crippen LogP contribution in [0.15, 0.2) is 36.4 Å². The summed E-state index contributed by atoms with van der Waals surface area (Å²) in [6, 6.07) is 6.25. The van der Waals surface area contributed by atoms with Crippen molar-refractivity contribution in [3.05, 3.63) is 47.8 Å². The lowest BCUT2D eigenvalue weighted by Gasteiger charge is -2.32. The molecule has 0 saturated carbocycles. The first-order valence-corrected chi connectivity index (χ1v) is 9.13. The van der Waals surface area contributed by atoms with Gasteiger partial charge in [-0.2, -0.15) is 0 Å². The van der Waals surface area contributed by atoms with Gasteiger partial charge in [0, 0.05) is 17.4 Å². The van der Waals surface area contributed by atoms with Gasteiger partial charge >= 0.3 is 0 Å². The van der Waals surface area contributed by atoms with Crippen molar-refractivity contribution in [1.82, 2.24) is 0 Å². The molecule has 2 heterocycles. The molecular weight excluding hydrogens is 323 g/mol. The first-order chi connectivity index (χ1) is 12.2. The third-order valence-corrected chi connectivity index (χ3v) is 4.56. The molecule has 1 aromatic rings. The number of hydrogen-bond acceptors (Lipinski definition) is 4. The Bertz CT molecular complexity index is 529. The molecule has 2 aliphatic rings. The van der Waals surface area contributed by atoms with Gasteiger partial charge in [0.15, 0.2) is 12.6 Å². The molecule has 25 heavy (non-hydrogen) atoms. The van der Waals surface area contributed by atoms with Crippen LogP contribution in [-0.2, 0) is 18.9 Å². The Kier molecular flexibility index (Phi) is 6.99. The molecule has 2 fully saturated rings. The van der Waals surface area contributed by atoms with E-state index < -0.39 is 6.29 Å². The number of allylic oxidation sites excluding steroid dienone is 1. The van der Waals surface area contributed by atoms with Gasteiger partial charge in [-0.1, -0.05) is 31.2 Å². The summed E-state index contributed by atoms with van der Waals surface area (Å²) in [6.07, 6.45) is 6.64. The van der Waals surface area contributed by atoms with Gasteiger partial charge in [0.25, 0.3) is 0 Å².